The van der Waals surface area contributed by atoms with Gasteiger partial charge in [-0.1, -0.05) is 19.1 Å². The summed E-state index contributed by atoms with van der Waals surface area (Å²) >= 11 is 0. The Hall–Kier alpha value is -1.38. The number of hydrogen-bond donors (Lipinski definition) is 1. The Labute approximate surface area is 83.7 Å². The second-order valence-electron chi connectivity index (χ2n) is 3.26. The number of benzene rings is 1. The molecule has 0 bridgehead atoms. The van der Waals surface area contributed by atoms with Gasteiger partial charge in [0.05, 0.1) is 5.84 Å². The molecule has 0 aliphatic rings. The average molecular weight is 194 g/mol. The summed E-state index contributed by atoms with van der Waals surface area (Å²) in [5.74, 6) is 0.171. The maximum atomic E-state index is 13.3. The highest BCUT2D eigenvalue weighted by atomic mass is 19.1. The molecule has 76 valence electrons. The van der Waals surface area contributed by atoms with Crippen molar-refractivity contribution in [1.29, 1.82) is 0 Å². The fourth-order valence-corrected chi connectivity index (χ4v) is 1.22. The molecule has 2 nitrogen and oxygen atoms in total. The van der Waals surface area contributed by atoms with Crippen LogP contribution in [0.25, 0.3) is 0 Å². The molecule has 3 heteroatoms. The van der Waals surface area contributed by atoms with Gasteiger partial charge in [0.15, 0.2) is 0 Å². The maximum absolute atomic E-state index is 13.3. The number of rotatable bonds is 3. The minimum absolute atomic E-state index is 0.316. The molecule has 1 aromatic rings. The van der Waals surface area contributed by atoms with Gasteiger partial charge in [-0.2, -0.15) is 0 Å². The number of nitrogens with two attached hydrogens (primary N) is 1. The van der Waals surface area contributed by atoms with E-state index in [-0.39, 0.29) is 5.82 Å². The Morgan fingerprint density at radius 2 is 2.21 bits per heavy atom. The van der Waals surface area contributed by atoms with Crippen LogP contribution in [0.1, 0.15) is 25.3 Å². The van der Waals surface area contributed by atoms with Crippen LogP contribution in [0.5, 0.6) is 0 Å². The molecule has 2 N–H and O–H groups in total. The molecule has 0 unspecified atom stereocenters. The molecule has 0 fully saturated rings. The number of nitrogens with zero attached hydrogens (tertiary/aromatic N) is 1. The van der Waals surface area contributed by atoms with Gasteiger partial charge in [0.1, 0.15) is 11.5 Å². The quantitative estimate of drug-likeness (QED) is 0.583. The average Bonchev–Trinajstić information content (AvgIpc) is 2.12. The first-order valence-corrected chi connectivity index (χ1v) is 4.73. The molecule has 0 saturated heterocycles. The second-order valence-corrected chi connectivity index (χ2v) is 3.26. The summed E-state index contributed by atoms with van der Waals surface area (Å²) in [5, 5.41) is 0. The van der Waals surface area contributed by atoms with Crippen LogP contribution in [0.2, 0.25) is 0 Å². The molecular weight excluding hydrogens is 179 g/mol. The Bertz CT molecular complexity index is 325. The zero-order chi connectivity index (χ0) is 10.6. The second kappa shape index (κ2) is 4.74. The number of halogens is 1. The highest BCUT2D eigenvalue weighted by Gasteiger charge is 2.03. The lowest BCUT2D eigenvalue weighted by Crippen LogP contribution is -2.10. The van der Waals surface area contributed by atoms with Gasteiger partial charge >= 0.3 is 0 Å². The van der Waals surface area contributed by atoms with E-state index in [1.807, 2.05) is 19.9 Å². The predicted octanol–water partition coefficient (Wildman–Crippen LogP) is 2.92. The Balaban J connectivity index is 3.01. The number of amidine groups is 1. The summed E-state index contributed by atoms with van der Waals surface area (Å²) in [4.78, 5) is 4.07. The SMILES string of the molecule is CCCC(N)=Nc1c(C)cccc1F. The maximum Gasteiger partial charge on any atom is 0.149 e. The largest absolute Gasteiger partial charge is 0.387 e. The summed E-state index contributed by atoms with van der Waals surface area (Å²) in [7, 11) is 0. The van der Waals surface area contributed by atoms with Crippen LogP contribution < -0.4 is 5.73 Å². The topological polar surface area (TPSA) is 38.4 Å². The van der Waals surface area contributed by atoms with E-state index < -0.39 is 0 Å². The molecule has 1 rings (SSSR count). The minimum Gasteiger partial charge on any atom is -0.387 e. The van der Waals surface area contributed by atoms with Crippen molar-refractivity contribution in [2.75, 3.05) is 0 Å². The van der Waals surface area contributed by atoms with Gasteiger partial charge in [-0.05, 0) is 25.0 Å². The Morgan fingerprint density at radius 1 is 1.50 bits per heavy atom. The van der Waals surface area contributed by atoms with E-state index in [4.69, 9.17) is 5.73 Å². The lowest BCUT2D eigenvalue weighted by atomic mass is 10.2. The summed E-state index contributed by atoms with van der Waals surface area (Å²) < 4.78 is 13.3. The first-order valence-electron chi connectivity index (χ1n) is 4.73. The van der Waals surface area contributed by atoms with Crippen LogP contribution in [0.3, 0.4) is 0 Å². The molecular formula is C11H15FN2. The molecule has 0 aromatic heterocycles. The third kappa shape index (κ3) is 2.55. The lowest BCUT2D eigenvalue weighted by molar-refractivity contribution is 0.628. The standard InChI is InChI=1S/C11H15FN2/c1-3-5-10(13)14-11-8(2)6-4-7-9(11)12/h4,6-7H,3,5H2,1-2H3,(H2,13,14). The first-order chi connectivity index (χ1) is 6.65. The monoisotopic (exact) mass is 194 g/mol. The smallest absolute Gasteiger partial charge is 0.149 e. The molecule has 1 aromatic carbocycles. The van der Waals surface area contributed by atoms with Crippen molar-refractivity contribution in [2.45, 2.75) is 26.7 Å². The Kier molecular flexibility index (Phi) is 3.63. The fraction of sp³-hybridized carbons (Fsp3) is 0.364. The van der Waals surface area contributed by atoms with Crippen molar-refractivity contribution in [3.63, 3.8) is 0 Å². The third-order valence-corrected chi connectivity index (χ3v) is 1.95. The van der Waals surface area contributed by atoms with E-state index in [0.29, 0.717) is 17.9 Å². The zero-order valence-electron chi connectivity index (χ0n) is 8.55. The number of aryl methyl sites for hydroxylation is 1. The summed E-state index contributed by atoms with van der Waals surface area (Å²) in [5.41, 5.74) is 6.81. The molecule has 0 spiro atoms. The van der Waals surface area contributed by atoms with Crippen molar-refractivity contribution < 1.29 is 4.39 Å². The molecule has 0 saturated carbocycles. The van der Waals surface area contributed by atoms with E-state index in [9.17, 15) is 4.39 Å². The molecule has 0 heterocycles. The number of hydrogen-bond acceptors (Lipinski definition) is 1. The van der Waals surface area contributed by atoms with Crippen molar-refractivity contribution in [2.24, 2.45) is 10.7 Å². The molecule has 0 aliphatic carbocycles. The van der Waals surface area contributed by atoms with Crippen LogP contribution in [-0.4, -0.2) is 5.84 Å². The van der Waals surface area contributed by atoms with Crippen molar-refractivity contribution in [3.05, 3.63) is 29.6 Å². The first kappa shape index (κ1) is 10.7. The van der Waals surface area contributed by atoms with Gasteiger partial charge in [0.2, 0.25) is 0 Å². The summed E-state index contributed by atoms with van der Waals surface area (Å²) in [6.07, 6.45) is 1.62. The van der Waals surface area contributed by atoms with E-state index in [2.05, 4.69) is 4.99 Å². The van der Waals surface area contributed by atoms with Gasteiger partial charge in [-0.3, -0.25) is 0 Å². The van der Waals surface area contributed by atoms with Crippen LogP contribution in [0.15, 0.2) is 23.2 Å². The van der Waals surface area contributed by atoms with E-state index in [0.717, 1.165) is 12.0 Å². The van der Waals surface area contributed by atoms with Crippen molar-refractivity contribution in [3.8, 4) is 0 Å². The van der Waals surface area contributed by atoms with Crippen LogP contribution in [0.4, 0.5) is 10.1 Å². The Morgan fingerprint density at radius 3 is 2.79 bits per heavy atom. The van der Waals surface area contributed by atoms with Gasteiger partial charge in [0, 0.05) is 6.42 Å². The number of aliphatic imine (C=N–C) groups is 1. The minimum atomic E-state index is -0.316. The zero-order valence-corrected chi connectivity index (χ0v) is 8.55. The van der Waals surface area contributed by atoms with Gasteiger partial charge in [-0.15, -0.1) is 0 Å². The van der Waals surface area contributed by atoms with Crippen molar-refractivity contribution >= 4 is 11.5 Å². The van der Waals surface area contributed by atoms with Gasteiger partial charge in [0.25, 0.3) is 0 Å². The van der Waals surface area contributed by atoms with Gasteiger partial charge < -0.3 is 5.73 Å². The molecule has 0 aliphatic heterocycles. The van der Waals surface area contributed by atoms with Crippen LogP contribution in [0, 0.1) is 12.7 Å². The summed E-state index contributed by atoms with van der Waals surface area (Å²) in [6.45, 7) is 3.83. The molecule has 0 radical (unpaired) electrons. The lowest BCUT2D eigenvalue weighted by Gasteiger charge is -2.03. The van der Waals surface area contributed by atoms with Crippen LogP contribution in [-0.2, 0) is 0 Å². The van der Waals surface area contributed by atoms with Gasteiger partial charge in [-0.25, -0.2) is 9.38 Å². The summed E-state index contributed by atoms with van der Waals surface area (Å²) in [6, 6.07) is 4.88. The molecule has 0 amide bonds. The third-order valence-electron chi connectivity index (χ3n) is 1.95. The highest BCUT2D eigenvalue weighted by molar-refractivity contribution is 5.83. The fourth-order valence-electron chi connectivity index (χ4n) is 1.22. The van der Waals surface area contributed by atoms with Crippen molar-refractivity contribution in [1.82, 2.24) is 0 Å². The highest BCUT2D eigenvalue weighted by Crippen LogP contribution is 2.22. The van der Waals surface area contributed by atoms with E-state index in [1.165, 1.54) is 6.07 Å². The van der Waals surface area contributed by atoms with E-state index in [1.54, 1.807) is 6.07 Å². The van der Waals surface area contributed by atoms with E-state index >= 15 is 0 Å². The number of para-hydroxylation sites is 1. The van der Waals surface area contributed by atoms with Crippen LogP contribution >= 0.6 is 0 Å². The predicted molar refractivity (Wildman–Crippen MR) is 57.3 cm³/mol. The molecule has 14 heavy (non-hydrogen) atoms. The normalized spacial score (nSPS) is 11.8. The molecule has 0 atom stereocenters.